The Morgan fingerprint density at radius 1 is 0.206 bits per heavy atom. The molecule has 12 rings (SSSR count). The monoisotopic (exact) mass is 799 g/mol. The van der Waals surface area contributed by atoms with Gasteiger partial charge >= 0.3 is 0 Å². The molecule has 0 saturated heterocycles. The molecule has 12 aromatic rings. The summed E-state index contributed by atoms with van der Waals surface area (Å²) in [6.07, 6.45) is 0. The lowest BCUT2D eigenvalue weighted by atomic mass is 9.85. The SMILES string of the molecule is c1ccc(-c2ccccc2N(c2ccc(-c3ccc4c5ccccc5c5ccccc5c4c3)cc2)c2ccc(-c3c(-c4ccccc4)c4ccccc4c4ccccc34)cc2)cc1. The van der Waals surface area contributed by atoms with Crippen LogP contribution in [0, 0.1) is 0 Å². The van der Waals surface area contributed by atoms with Gasteiger partial charge < -0.3 is 4.90 Å². The first-order valence-electron chi connectivity index (χ1n) is 21.8. The Balaban J connectivity index is 1.01. The Bertz CT molecular complexity index is 3610. The smallest absolute Gasteiger partial charge is 0.0540 e. The van der Waals surface area contributed by atoms with Gasteiger partial charge in [0.15, 0.2) is 0 Å². The van der Waals surface area contributed by atoms with Gasteiger partial charge in [-0.3, -0.25) is 0 Å². The Hall–Kier alpha value is -8.26. The fraction of sp³-hybridized carbons (Fsp3) is 0. The first kappa shape index (κ1) is 36.6. The molecule has 0 N–H and O–H groups in total. The number of para-hydroxylation sites is 1. The minimum atomic E-state index is 1.09. The Morgan fingerprint density at radius 3 is 1.08 bits per heavy atom. The molecule has 0 heterocycles. The van der Waals surface area contributed by atoms with Crippen molar-refractivity contribution < 1.29 is 0 Å². The summed E-state index contributed by atoms with van der Waals surface area (Å²) >= 11 is 0. The number of rotatable bonds is 7. The van der Waals surface area contributed by atoms with Crippen LogP contribution in [0.25, 0.3) is 98.4 Å². The second-order valence-corrected chi connectivity index (χ2v) is 16.4. The van der Waals surface area contributed by atoms with Crippen LogP contribution in [0.15, 0.2) is 249 Å². The number of anilines is 3. The highest BCUT2D eigenvalue weighted by Crippen LogP contribution is 2.47. The lowest BCUT2D eigenvalue weighted by molar-refractivity contribution is 1.28. The highest BCUT2D eigenvalue weighted by molar-refractivity contribution is 6.26. The fourth-order valence-corrected chi connectivity index (χ4v) is 9.97. The van der Waals surface area contributed by atoms with Gasteiger partial charge in [-0.05, 0) is 129 Å². The molecule has 0 fully saturated rings. The molecule has 1 nitrogen and oxygen atoms in total. The second kappa shape index (κ2) is 15.3. The average molecular weight is 800 g/mol. The summed E-state index contributed by atoms with van der Waals surface area (Å²) in [4.78, 5) is 2.41. The van der Waals surface area contributed by atoms with Gasteiger partial charge in [-0.25, -0.2) is 0 Å². The molecule has 0 aliphatic heterocycles. The number of hydrogen-bond donors (Lipinski definition) is 0. The van der Waals surface area contributed by atoms with Gasteiger partial charge in [0.2, 0.25) is 0 Å². The minimum absolute atomic E-state index is 1.09. The molecule has 0 aliphatic carbocycles. The maximum atomic E-state index is 2.41. The third-order valence-corrected chi connectivity index (χ3v) is 12.8. The van der Waals surface area contributed by atoms with Gasteiger partial charge in [0.25, 0.3) is 0 Å². The molecule has 0 spiro atoms. The van der Waals surface area contributed by atoms with Crippen molar-refractivity contribution in [2.24, 2.45) is 0 Å². The molecule has 294 valence electrons. The number of nitrogens with zero attached hydrogens (tertiary/aromatic N) is 1. The summed E-state index contributed by atoms with van der Waals surface area (Å²) in [6, 6.07) is 90.9. The summed E-state index contributed by atoms with van der Waals surface area (Å²) in [5, 5.41) is 12.8. The molecule has 0 amide bonds. The van der Waals surface area contributed by atoms with E-state index in [1.807, 2.05) is 0 Å². The van der Waals surface area contributed by atoms with Gasteiger partial charge in [-0.2, -0.15) is 0 Å². The van der Waals surface area contributed by atoms with Crippen molar-refractivity contribution in [1.82, 2.24) is 0 Å². The zero-order valence-corrected chi connectivity index (χ0v) is 34.6. The zero-order valence-electron chi connectivity index (χ0n) is 34.6. The summed E-state index contributed by atoms with van der Waals surface area (Å²) in [5.74, 6) is 0. The standard InChI is InChI=1S/C62H41N/c1-3-17-43(18-4-1)49-21-15-16-30-60(49)63(47-36-31-42(32-37-47)46-35-40-56-52-24-8-7-22-50(52)51-23-9-10-27-55(51)59(56)41-46)48-38-33-45(34-39-48)62-58-29-14-12-26-54(58)53-25-11-13-28-57(53)61(62)44-19-5-2-6-20-44/h1-41H. The molecule has 12 aromatic carbocycles. The topological polar surface area (TPSA) is 3.24 Å². The molecule has 0 aromatic heterocycles. The highest BCUT2D eigenvalue weighted by atomic mass is 15.1. The molecule has 0 unspecified atom stereocenters. The van der Waals surface area contributed by atoms with Crippen LogP contribution in [-0.4, -0.2) is 0 Å². The minimum Gasteiger partial charge on any atom is -0.310 e. The van der Waals surface area contributed by atoms with E-state index in [9.17, 15) is 0 Å². The molecule has 0 bridgehead atoms. The van der Waals surface area contributed by atoms with Crippen molar-refractivity contribution in [2.45, 2.75) is 0 Å². The summed E-state index contributed by atoms with van der Waals surface area (Å²) in [7, 11) is 0. The van der Waals surface area contributed by atoms with Gasteiger partial charge in [-0.15, -0.1) is 0 Å². The summed E-state index contributed by atoms with van der Waals surface area (Å²) < 4.78 is 0. The van der Waals surface area contributed by atoms with E-state index in [-0.39, 0.29) is 0 Å². The lowest BCUT2D eigenvalue weighted by Crippen LogP contribution is -2.11. The van der Waals surface area contributed by atoms with E-state index in [0.717, 1.165) is 17.1 Å². The molecule has 0 aliphatic rings. The summed E-state index contributed by atoms with van der Waals surface area (Å²) in [6.45, 7) is 0. The van der Waals surface area contributed by atoms with Crippen LogP contribution >= 0.6 is 0 Å². The van der Waals surface area contributed by atoms with E-state index >= 15 is 0 Å². The normalized spacial score (nSPS) is 11.5. The zero-order chi connectivity index (χ0) is 41.7. The predicted molar refractivity (Wildman–Crippen MR) is 270 cm³/mol. The predicted octanol–water partition coefficient (Wildman–Crippen LogP) is 17.6. The lowest BCUT2D eigenvalue weighted by Gasteiger charge is -2.28. The van der Waals surface area contributed by atoms with Crippen LogP contribution in [0.3, 0.4) is 0 Å². The molecule has 1 heteroatoms. The molecule has 63 heavy (non-hydrogen) atoms. The summed E-state index contributed by atoms with van der Waals surface area (Å²) in [5.41, 5.74) is 12.9. The molecule has 0 saturated carbocycles. The fourth-order valence-electron chi connectivity index (χ4n) is 9.97. The first-order chi connectivity index (χ1) is 31.3. The van der Waals surface area contributed by atoms with Crippen molar-refractivity contribution in [3.63, 3.8) is 0 Å². The Kier molecular flexibility index (Phi) is 8.90. The van der Waals surface area contributed by atoms with Crippen molar-refractivity contribution in [3.8, 4) is 44.5 Å². The number of fused-ring (bicyclic) bond motifs is 9. The molecule has 0 radical (unpaired) electrons. The number of hydrogen-bond acceptors (Lipinski definition) is 1. The Morgan fingerprint density at radius 2 is 0.556 bits per heavy atom. The van der Waals surface area contributed by atoms with Crippen LogP contribution in [0.5, 0.6) is 0 Å². The van der Waals surface area contributed by atoms with E-state index in [0.29, 0.717) is 0 Å². The van der Waals surface area contributed by atoms with Crippen LogP contribution in [0.4, 0.5) is 17.1 Å². The first-order valence-corrected chi connectivity index (χ1v) is 21.8. The van der Waals surface area contributed by atoms with E-state index in [2.05, 4.69) is 254 Å². The van der Waals surface area contributed by atoms with Gasteiger partial charge in [-0.1, -0.05) is 212 Å². The maximum absolute atomic E-state index is 2.41. The second-order valence-electron chi connectivity index (χ2n) is 16.4. The molecular formula is C62H41N. The van der Waals surface area contributed by atoms with Crippen LogP contribution < -0.4 is 4.90 Å². The van der Waals surface area contributed by atoms with Crippen LogP contribution in [-0.2, 0) is 0 Å². The van der Waals surface area contributed by atoms with E-state index in [1.54, 1.807) is 0 Å². The molecule has 0 atom stereocenters. The van der Waals surface area contributed by atoms with Crippen LogP contribution in [0.2, 0.25) is 0 Å². The van der Waals surface area contributed by atoms with Crippen molar-refractivity contribution >= 4 is 70.9 Å². The highest BCUT2D eigenvalue weighted by Gasteiger charge is 2.21. The number of benzene rings is 12. The van der Waals surface area contributed by atoms with Crippen molar-refractivity contribution in [3.05, 3.63) is 249 Å². The van der Waals surface area contributed by atoms with Gasteiger partial charge in [0.05, 0.1) is 5.69 Å². The third kappa shape index (κ3) is 6.25. The van der Waals surface area contributed by atoms with Crippen LogP contribution in [0.1, 0.15) is 0 Å². The van der Waals surface area contributed by atoms with Crippen molar-refractivity contribution in [2.75, 3.05) is 4.90 Å². The average Bonchev–Trinajstić information content (AvgIpc) is 3.37. The van der Waals surface area contributed by atoms with E-state index < -0.39 is 0 Å². The van der Waals surface area contributed by atoms with Crippen molar-refractivity contribution in [1.29, 1.82) is 0 Å². The van der Waals surface area contributed by atoms with E-state index in [4.69, 9.17) is 0 Å². The Labute approximate surface area is 367 Å². The largest absolute Gasteiger partial charge is 0.310 e. The maximum Gasteiger partial charge on any atom is 0.0540 e. The van der Waals surface area contributed by atoms with Gasteiger partial charge in [0, 0.05) is 16.9 Å². The van der Waals surface area contributed by atoms with Gasteiger partial charge in [0.1, 0.15) is 0 Å². The third-order valence-electron chi connectivity index (χ3n) is 12.8. The molecular weight excluding hydrogens is 759 g/mol. The van der Waals surface area contributed by atoms with E-state index in [1.165, 1.54) is 98.4 Å². The quantitative estimate of drug-likeness (QED) is 0.145.